The van der Waals surface area contributed by atoms with Crippen LogP contribution in [0.5, 0.6) is 0 Å². The van der Waals surface area contributed by atoms with Gasteiger partial charge in [-0.2, -0.15) is 0 Å². The van der Waals surface area contributed by atoms with Crippen LogP contribution in [0, 0.1) is 6.92 Å². The molecule has 0 saturated carbocycles. The second-order valence-electron chi connectivity index (χ2n) is 4.62. The molecule has 0 saturated heterocycles. The number of carbonyl (C=O) groups excluding carboxylic acids is 2. The number of nitrogens with zero attached hydrogens (tertiary/aromatic N) is 1. The van der Waals surface area contributed by atoms with E-state index in [1.165, 1.54) is 4.90 Å². The van der Waals surface area contributed by atoms with Crippen molar-refractivity contribution in [2.24, 2.45) is 0 Å². The zero-order valence-corrected chi connectivity index (χ0v) is 10.1. The van der Waals surface area contributed by atoms with E-state index >= 15 is 0 Å². The lowest BCUT2D eigenvalue weighted by Crippen LogP contribution is -2.29. The Labute approximate surface area is 105 Å². The van der Waals surface area contributed by atoms with Crippen molar-refractivity contribution in [1.29, 1.82) is 0 Å². The van der Waals surface area contributed by atoms with Gasteiger partial charge in [-0.25, -0.2) is 4.90 Å². The average Bonchev–Trinajstić information content (AvgIpc) is 2.63. The fourth-order valence-corrected chi connectivity index (χ4v) is 2.39. The highest BCUT2D eigenvalue weighted by molar-refractivity contribution is 6.22. The first-order chi connectivity index (χ1) is 8.68. The van der Waals surface area contributed by atoms with Crippen molar-refractivity contribution >= 4 is 11.8 Å². The van der Waals surface area contributed by atoms with Gasteiger partial charge in [-0.1, -0.05) is 23.8 Å². The Morgan fingerprint density at radius 2 is 1.89 bits per heavy atom. The highest BCUT2D eigenvalue weighted by atomic mass is 16.2. The van der Waals surface area contributed by atoms with E-state index in [-0.39, 0.29) is 11.8 Å². The molecule has 0 spiro atoms. The monoisotopic (exact) mass is 239 g/mol. The lowest BCUT2D eigenvalue weighted by atomic mass is 10.1. The molecular formula is C15H13NO2. The molecule has 1 aromatic rings. The predicted octanol–water partition coefficient (Wildman–Crippen LogP) is 2.82. The number of benzene rings is 1. The third-order valence-corrected chi connectivity index (χ3v) is 3.32. The highest BCUT2D eigenvalue weighted by Gasteiger charge is 2.37. The van der Waals surface area contributed by atoms with E-state index < -0.39 is 0 Å². The second kappa shape index (κ2) is 3.95. The van der Waals surface area contributed by atoms with Gasteiger partial charge < -0.3 is 0 Å². The van der Waals surface area contributed by atoms with Gasteiger partial charge in [0.1, 0.15) is 0 Å². The molecule has 0 N–H and O–H groups in total. The van der Waals surface area contributed by atoms with Crippen molar-refractivity contribution in [2.75, 3.05) is 0 Å². The molecule has 1 heterocycles. The molecule has 2 amide bonds. The number of fused-ring (bicyclic) bond motifs is 1. The molecule has 3 nitrogen and oxygen atoms in total. The molecule has 0 radical (unpaired) electrons. The normalized spacial score (nSPS) is 18.1. The molecule has 2 aliphatic rings. The Bertz CT molecular complexity index is 611. The topological polar surface area (TPSA) is 37.4 Å². The molecule has 1 aromatic carbocycles. The van der Waals surface area contributed by atoms with Gasteiger partial charge in [0.05, 0.1) is 11.1 Å². The summed E-state index contributed by atoms with van der Waals surface area (Å²) in [5, 5.41) is 0. The molecule has 18 heavy (non-hydrogen) atoms. The zero-order chi connectivity index (χ0) is 12.7. The van der Waals surface area contributed by atoms with E-state index in [0.29, 0.717) is 11.1 Å². The quantitative estimate of drug-likeness (QED) is 0.707. The number of hydrogen-bond donors (Lipinski definition) is 0. The summed E-state index contributed by atoms with van der Waals surface area (Å²) in [6.07, 6.45) is 7.39. The van der Waals surface area contributed by atoms with Crippen molar-refractivity contribution in [3.8, 4) is 0 Å². The van der Waals surface area contributed by atoms with Gasteiger partial charge >= 0.3 is 0 Å². The Morgan fingerprint density at radius 3 is 2.61 bits per heavy atom. The molecule has 0 atom stereocenters. The van der Waals surface area contributed by atoms with Crippen LogP contribution in [0.1, 0.15) is 39.1 Å². The summed E-state index contributed by atoms with van der Waals surface area (Å²) in [6, 6.07) is 5.39. The number of allylic oxidation sites excluding steroid dienone is 4. The highest BCUT2D eigenvalue weighted by Crippen LogP contribution is 2.29. The maximum atomic E-state index is 12.3. The molecule has 3 rings (SSSR count). The summed E-state index contributed by atoms with van der Waals surface area (Å²) >= 11 is 0. The molecule has 0 bridgehead atoms. The molecule has 0 aromatic heterocycles. The third kappa shape index (κ3) is 1.51. The molecule has 90 valence electrons. The molecule has 0 fully saturated rings. The summed E-state index contributed by atoms with van der Waals surface area (Å²) < 4.78 is 0. The first-order valence-corrected chi connectivity index (χ1v) is 6.03. The van der Waals surface area contributed by atoms with E-state index in [4.69, 9.17) is 0 Å². The number of imide groups is 1. The van der Waals surface area contributed by atoms with E-state index in [1.807, 2.05) is 31.2 Å². The van der Waals surface area contributed by atoms with Crippen LogP contribution in [0.25, 0.3) is 0 Å². The van der Waals surface area contributed by atoms with Crippen molar-refractivity contribution in [3.05, 3.63) is 58.8 Å². The largest absolute Gasteiger partial charge is 0.268 e. The van der Waals surface area contributed by atoms with E-state index in [9.17, 15) is 9.59 Å². The maximum absolute atomic E-state index is 12.3. The van der Waals surface area contributed by atoms with Gasteiger partial charge in [-0.3, -0.25) is 9.59 Å². The van der Waals surface area contributed by atoms with Gasteiger partial charge in [-0.15, -0.1) is 0 Å². The van der Waals surface area contributed by atoms with Crippen LogP contribution in [0.2, 0.25) is 0 Å². The van der Waals surface area contributed by atoms with Crippen molar-refractivity contribution in [2.45, 2.75) is 19.8 Å². The van der Waals surface area contributed by atoms with Crippen molar-refractivity contribution in [1.82, 2.24) is 4.90 Å². The van der Waals surface area contributed by atoms with Crippen molar-refractivity contribution < 1.29 is 9.59 Å². The summed E-state index contributed by atoms with van der Waals surface area (Å²) in [7, 11) is 0. The Balaban J connectivity index is 2.07. The number of hydrogen-bond acceptors (Lipinski definition) is 2. The second-order valence-corrected chi connectivity index (χ2v) is 4.62. The lowest BCUT2D eigenvalue weighted by molar-refractivity contribution is 0.0699. The fraction of sp³-hybridized carbons (Fsp3) is 0.200. The Hall–Kier alpha value is -2.16. The SMILES string of the molecule is Cc1ccc2c(c1)C(=O)N(C1=CC=CCC1)C2=O. The molecule has 1 aliphatic carbocycles. The lowest BCUT2D eigenvalue weighted by Gasteiger charge is -2.18. The standard InChI is InChI=1S/C15H13NO2/c1-10-7-8-12-13(9-10)15(18)16(14(12)17)11-5-3-2-4-6-11/h2-3,5,7-9H,4,6H2,1H3. The minimum absolute atomic E-state index is 0.194. The summed E-state index contributed by atoms with van der Waals surface area (Å²) in [5.74, 6) is -0.392. The summed E-state index contributed by atoms with van der Waals surface area (Å²) in [4.78, 5) is 25.9. The molecule has 1 aliphatic heterocycles. The van der Waals surface area contributed by atoms with Gasteiger partial charge in [0.25, 0.3) is 11.8 Å². The van der Waals surface area contributed by atoms with Crippen molar-refractivity contribution in [3.63, 3.8) is 0 Å². The molecular weight excluding hydrogens is 226 g/mol. The van der Waals surface area contributed by atoms with Gasteiger partial charge in [-0.05, 0) is 38.0 Å². The van der Waals surface area contributed by atoms with Gasteiger partial charge in [0, 0.05) is 5.70 Å². The van der Waals surface area contributed by atoms with Crippen LogP contribution in [0.15, 0.2) is 42.1 Å². The summed E-state index contributed by atoms with van der Waals surface area (Å²) in [6.45, 7) is 1.92. The van der Waals surface area contributed by atoms with E-state index in [2.05, 4.69) is 0 Å². The first-order valence-electron chi connectivity index (χ1n) is 6.03. The smallest absolute Gasteiger partial charge is 0.265 e. The maximum Gasteiger partial charge on any atom is 0.265 e. The van der Waals surface area contributed by atoms with Crippen LogP contribution in [-0.4, -0.2) is 16.7 Å². The first kappa shape index (κ1) is 11.0. The van der Waals surface area contributed by atoms with E-state index in [1.54, 1.807) is 12.1 Å². The number of amides is 2. The van der Waals surface area contributed by atoms with Crippen LogP contribution in [0.4, 0.5) is 0 Å². The number of aryl methyl sites for hydroxylation is 1. The van der Waals surface area contributed by atoms with Gasteiger partial charge in [0.15, 0.2) is 0 Å². The summed E-state index contributed by atoms with van der Waals surface area (Å²) in [5.41, 5.74) is 2.83. The Kier molecular flexibility index (Phi) is 2.40. The predicted molar refractivity (Wildman–Crippen MR) is 68.1 cm³/mol. The van der Waals surface area contributed by atoms with Crippen LogP contribution < -0.4 is 0 Å². The van der Waals surface area contributed by atoms with Crippen LogP contribution in [0.3, 0.4) is 0 Å². The average molecular weight is 239 g/mol. The third-order valence-electron chi connectivity index (χ3n) is 3.32. The van der Waals surface area contributed by atoms with Crippen LogP contribution >= 0.6 is 0 Å². The van der Waals surface area contributed by atoms with Crippen LogP contribution in [-0.2, 0) is 0 Å². The molecule has 3 heteroatoms. The minimum atomic E-state index is -0.198. The van der Waals surface area contributed by atoms with Gasteiger partial charge in [0.2, 0.25) is 0 Å². The minimum Gasteiger partial charge on any atom is -0.268 e. The van der Waals surface area contributed by atoms with E-state index in [0.717, 1.165) is 24.1 Å². The molecule has 0 unspecified atom stereocenters. The fourth-order valence-electron chi connectivity index (χ4n) is 2.39. The number of carbonyl (C=O) groups is 2. The zero-order valence-electron chi connectivity index (χ0n) is 10.1. The Morgan fingerprint density at radius 1 is 1.11 bits per heavy atom. The number of rotatable bonds is 1.